The summed E-state index contributed by atoms with van der Waals surface area (Å²) in [7, 11) is 3.27. The molecule has 1 heterocycles. The van der Waals surface area contributed by atoms with E-state index < -0.39 is 0 Å². The topological polar surface area (TPSA) is 38.8 Å². The largest absolute Gasteiger partial charge is 0.493 e. The normalized spacial score (nSPS) is 15.4. The van der Waals surface area contributed by atoms with Gasteiger partial charge in [-0.05, 0) is 52.6 Å². The van der Waals surface area contributed by atoms with E-state index in [0.717, 1.165) is 16.8 Å². The van der Waals surface area contributed by atoms with E-state index in [9.17, 15) is 4.79 Å². The molecular weight excluding hydrogens is 410 g/mol. The number of aryl methyl sites for hydroxylation is 1. The summed E-state index contributed by atoms with van der Waals surface area (Å²) < 4.78 is 11.0. The third kappa shape index (κ3) is 3.82. The summed E-state index contributed by atoms with van der Waals surface area (Å²) >= 11 is 0. The van der Waals surface area contributed by atoms with Crippen LogP contribution in [0.25, 0.3) is 10.8 Å². The van der Waals surface area contributed by atoms with Crippen LogP contribution in [0, 0.1) is 6.92 Å². The molecule has 4 nitrogen and oxygen atoms in total. The molecule has 0 fully saturated rings. The molecule has 0 aromatic heterocycles. The highest BCUT2D eigenvalue weighted by Gasteiger charge is 2.34. The highest BCUT2D eigenvalue weighted by Crippen LogP contribution is 2.45. The predicted molar refractivity (Wildman–Crippen MR) is 132 cm³/mol. The molecule has 1 amide bonds. The fourth-order valence-electron chi connectivity index (χ4n) is 4.93. The quantitative estimate of drug-likeness (QED) is 0.371. The van der Waals surface area contributed by atoms with Crippen LogP contribution in [-0.2, 0) is 11.3 Å². The van der Waals surface area contributed by atoms with Gasteiger partial charge in [0.2, 0.25) is 5.91 Å². The summed E-state index contributed by atoms with van der Waals surface area (Å²) in [5, 5.41) is 2.35. The molecule has 0 saturated carbocycles. The van der Waals surface area contributed by atoms with Crippen molar-refractivity contribution in [2.75, 3.05) is 19.1 Å². The Morgan fingerprint density at radius 1 is 0.879 bits per heavy atom. The Bertz CT molecular complexity index is 1340. The molecule has 0 aliphatic carbocycles. The average molecular weight is 438 g/mol. The number of nitrogens with zero attached hydrogens (tertiary/aromatic N) is 1. The number of methoxy groups -OCH3 is 2. The number of ether oxygens (including phenoxy) is 2. The molecule has 1 unspecified atom stereocenters. The lowest BCUT2D eigenvalue weighted by Gasteiger charge is -2.35. The lowest BCUT2D eigenvalue weighted by Crippen LogP contribution is -2.36. The summed E-state index contributed by atoms with van der Waals surface area (Å²) in [5.41, 5.74) is 5.54. The van der Waals surface area contributed by atoms with Crippen molar-refractivity contribution in [2.45, 2.75) is 25.8 Å². The zero-order valence-electron chi connectivity index (χ0n) is 19.2. The molecule has 1 atom stereocenters. The van der Waals surface area contributed by atoms with E-state index in [0.29, 0.717) is 24.5 Å². The second-order valence-corrected chi connectivity index (χ2v) is 8.56. The maximum Gasteiger partial charge on any atom is 0.228 e. The van der Waals surface area contributed by atoms with Crippen LogP contribution in [0.1, 0.15) is 34.6 Å². The smallest absolute Gasteiger partial charge is 0.228 e. The van der Waals surface area contributed by atoms with E-state index in [1.165, 1.54) is 21.9 Å². The molecule has 4 heteroatoms. The summed E-state index contributed by atoms with van der Waals surface area (Å²) in [6, 6.07) is 26.9. The molecule has 0 spiro atoms. The van der Waals surface area contributed by atoms with Crippen LogP contribution >= 0.6 is 0 Å². The Morgan fingerprint density at radius 3 is 2.48 bits per heavy atom. The van der Waals surface area contributed by atoms with Crippen LogP contribution in [0.2, 0.25) is 0 Å². The number of fused-ring (bicyclic) bond motifs is 3. The van der Waals surface area contributed by atoms with Gasteiger partial charge in [-0.2, -0.15) is 0 Å². The third-order valence-corrected chi connectivity index (χ3v) is 6.50. The van der Waals surface area contributed by atoms with Crippen molar-refractivity contribution in [3.05, 3.63) is 101 Å². The van der Waals surface area contributed by atoms with Crippen LogP contribution < -0.4 is 14.4 Å². The maximum atomic E-state index is 13.5. The Kier molecular flexibility index (Phi) is 5.51. The summed E-state index contributed by atoms with van der Waals surface area (Å²) in [5.74, 6) is 1.42. The van der Waals surface area contributed by atoms with Crippen LogP contribution in [0.15, 0.2) is 78.9 Å². The monoisotopic (exact) mass is 437 g/mol. The molecule has 4 aromatic carbocycles. The number of rotatable bonds is 5. The minimum absolute atomic E-state index is 0.0628. The summed E-state index contributed by atoms with van der Waals surface area (Å²) in [6.07, 6.45) is 0.405. The maximum absolute atomic E-state index is 13.5. The molecule has 33 heavy (non-hydrogen) atoms. The number of amides is 1. The van der Waals surface area contributed by atoms with E-state index in [1.54, 1.807) is 14.2 Å². The summed E-state index contributed by atoms with van der Waals surface area (Å²) in [4.78, 5) is 15.5. The van der Waals surface area contributed by atoms with Crippen molar-refractivity contribution in [3.8, 4) is 11.5 Å². The van der Waals surface area contributed by atoms with Gasteiger partial charge in [0.15, 0.2) is 11.5 Å². The third-order valence-electron chi connectivity index (χ3n) is 6.50. The molecule has 1 aliphatic rings. The molecule has 0 bridgehead atoms. The first kappa shape index (κ1) is 21.1. The van der Waals surface area contributed by atoms with Gasteiger partial charge in [-0.15, -0.1) is 0 Å². The second-order valence-electron chi connectivity index (χ2n) is 8.56. The molecule has 0 saturated heterocycles. The van der Waals surface area contributed by atoms with Crippen molar-refractivity contribution >= 4 is 22.4 Å². The van der Waals surface area contributed by atoms with Crippen molar-refractivity contribution in [1.29, 1.82) is 0 Å². The highest BCUT2D eigenvalue weighted by molar-refractivity contribution is 6.03. The van der Waals surface area contributed by atoms with E-state index in [-0.39, 0.29) is 11.8 Å². The van der Waals surface area contributed by atoms with Gasteiger partial charge in [0.05, 0.1) is 20.8 Å². The predicted octanol–water partition coefficient (Wildman–Crippen LogP) is 6.23. The molecule has 4 aromatic rings. The first-order valence-electron chi connectivity index (χ1n) is 11.2. The number of hydrogen-bond acceptors (Lipinski definition) is 3. The Labute approximate surface area is 194 Å². The zero-order valence-corrected chi connectivity index (χ0v) is 19.2. The molecule has 166 valence electrons. The number of hydrogen-bond donors (Lipinski definition) is 0. The van der Waals surface area contributed by atoms with Crippen molar-refractivity contribution in [1.82, 2.24) is 0 Å². The number of carbonyl (C=O) groups excluding carboxylic acids is 1. The fourth-order valence-corrected chi connectivity index (χ4v) is 4.93. The van der Waals surface area contributed by atoms with Gasteiger partial charge in [0.1, 0.15) is 0 Å². The van der Waals surface area contributed by atoms with Gasteiger partial charge < -0.3 is 14.4 Å². The Hall–Kier alpha value is -3.79. The van der Waals surface area contributed by atoms with Crippen LogP contribution in [0.5, 0.6) is 11.5 Å². The number of anilines is 1. The molecule has 1 aliphatic heterocycles. The van der Waals surface area contributed by atoms with Gasteiger partial charge in [-0.3, -0.25) is 4.79 Å². The highest BCUT2D eigenvalue weighted by atomic mass is 16.5. The Morgan fingerprint density at radius 2 is 1.70 bits per heavy atom. The van der Waals surface area contributed by atoms with E-state index in [4.69, 9.17) is 9.47 Å². The van der Waals surface area contributed by atoms with Gasteiger partial charge in [0.25, 0.3) is 0 Å². The van der Waals surface area contributed by atoms with Gasteiger partial charge in [-0.25, -0.2) is 0 Å². The molecule has 5 rings (SSSR count). The first-order valence-corrected chi connectivity index (χ1v) is 11.2. The van der Waals surface area contributed by atoms with Crippen molar-refractivity contribution < 1.29 is 14.3 Å². The minimum Gasteiger partial charge on any atom is -0.493 e. The van der Waals surface area contributed by atoms with Crippen molar-refractivity contribution in [3.63, 3.8) is 0 Å². The average Bonchev–Trinajstić information content (AvgIpc) is 2.84. The summed E-state index contributed by atoms with van der Waals surface area (Å²) in [6.45, 7) is 2.64. The lowest BCUT2D eigenvalue weighted by molar-refractivity contribution is -0.119. The van der Waals surface area contributed by atoms with Gasteiger partial charge >= 0.3 is 0 Å². The van der Waals surface area contributed by atoms with E-state index in [2.05, 4.69) is 61.5 Å². The van der Waals surface area contributed by atoms with Gasteiger partial charge in [-0.1, -0.05) is 66.2 Å². The second kappa shape index (κ2) is 8.62. The van der Waals surface area contributed by atoms with E-state index >= 15 is 0 Å². The first-order chi connectivity index (χ1) is 16.1. The van der Waals surface area contributed by atoms with Gasteiger partial charge in [0, 0.05) is 18.0 Å². The Balaban J connectivity index is 1.67. The SMILES string of the molecule is COc1ccc(C2CC(=O)N(Cc3cccc(C)c3)c3ccc4ccccc4c32)cc1OC. The number of carbonyl (C=O) groups is 1. The van der Waals surface area contributed by atoms with Crippen LogP contribution in [0.4, 0.5) is 5.69 Å². The van der Waals surface area contributed by atoms with Crippen molar-refractivity contribution in [2.24, 2.45) is 0 Å². The fraction of sp³-hybridized carbons (Fsp3) is 0.207. The lowest BCUT2D eigenvalue weighted by atomic mass is 9.81. The number of benzene rings is 4. The minimum atomic E-state index is -0.0628. The molecule has 0 N–H and O–H groups in total. The zero-order chi connectivity index (χ0) is 22.9. The van der Waals surface area contributed by atoms with Crippen LogP contribution in [0.3, 0.4) is 0 Å². The standard InChI is InChI=1S/C29H27NO3/c1-19-7-6-8-20(15-19)18-30-25-13-11-21-9-4-5-10-23(21)29(25)24(17-28(30)31)22-12-14-26(32-2)27(16-22)33-3/h4-16,24H,17-18H2,1-3H3. The van der Waals surface area contributed by atoms with Crippen LogP contribution in [-0.4, -0.2) is 20.1 Å². The van der Waals surface area contributed by atoms with E-state index in [1.807, 2.05) is 29.2 Å². The molecular formula is C29H27NO3. The molecule has 0 radical (unpaired) electrons.